The summed E-state index contributed by atoms with van der Waals surface area (Å²) in [6.07, 6.45) is 2.16. The number of hydrogen-bond acceptors (Lipinski definition) is 4. The van der Waals surface area contributed by atoms with Crippen LogP contribution < -0.4 is 0 Å². The van der Waals surface area contributed by atoms with E-state index in [2.05, 4.69) is 9.97 Å². The topological polar surface area (TPSA) is 67.4 Å². The van der Waals surface area contributed by atoms with Crippen molar-refractivity contribution in [1.82, 2.24) is 14.9 Å². The van der Waals surface area contributed by atoms with Crippen molar-refractivity contribution in [2.24, 2.45) is 0 Å². The van der Waals surface area contributed by atoms with E-state index >= 15 is 0 Å². The highest BCUT2D eigenvalue weighted by Gasteiger charge is 2.30. The van der Waals surface area contributed by atoms with E-state index in [0.29, 0.717) is 32.8 Å². The van der Waals surface area contributed by atoms with Crippen molar-refractivity contribution in [3.8, 4) is 0 Å². The maximum atomic E-state index is 12.1. The van der Waals surface area contributed by atoms with Crippen molar-refractivity contribution in [3.63, 3.8) is 0 Å². The number of amides is 1. The molecule has 1 N–H and O–H groups in total. The summed E-state index contributed by atoms with van der Waals surface area (Å²) >= 11 is 0. The molecule has 0 aliphatic carbocycles. The molecule has 1 fully saturated rings. The van der Waals surface area contributed by atoms with Crippen molar-refractivity contribution in [3.05, 3.63) is 17.7 Å². The van der Waals surface area contributed by atoms with Crippen LogP contribution in [0, 0.1) is 6.92 Å². The number of aromatic nitrogens is 2. The van der Waals surface area contributed by atoms with Gasteiger partial charge in [0.2, 0.25) is 5.91 Å². The molecule has 1 aliphatic heterocycles. The molecular formula is C12H19N3O3. The van der Waals surface area contributed by atoms with Crippen LogP contribution in [0.1, 0.15) is 24.0 Å². The molecule has 6 heteroatoms. The third-order valence-corrected chi connectivity index (χ3v) is 3.01. The molecule has 6 nitrogen and oxygen atoms in total. The molecule has 2 rings (SSSR count). The smallest absolute Gasteiger partial charge is 0.225 e. The molecule has 1 aliphatic rings. The summed E-state index contributed by atoms with van der Waals surface area (Å²) in [5.41, 5.74) is 0.986. The first-order valence-electron chi connectivity index (χ1n) is 6.10. The standard InChI is InChI=1S/C12H19N3O3/c1-9-7-13-12(14-9)10-8-18-6-4-15(10)11(16)3-5-17-2/h7,10H,3-6,8H2,1-2H3,(H,13,14). The van der Waals surface area contributed by atoms with Crippen LogP contribution in [0.2, 0.25) is 0 Å². The van der Waals surface area contributed by atoms with Crippen molar-refractivity contribution >= 4 is 5.91 Å². The average molecular weight is 253 g/mol. The number of aromatic amines is 1. The first kappa shape index (κ1) is 13.0. The Bertz CT molecular complexity index is 405. The van der Waals surface area contributed by atoms with Crippen LogP contribution in [-0.2, 0) is 14.3 Å². The second kappa shape index (κ2) is 5.97. The van der Waals surface area contributed by atoms with Crippen LogP contribution in [0.4, 0.5) is 0 Å². The lowest BCUT2D eigenvalue weighted by Crippen LogP contribution is -2.44. The van der Waals surface area contributed by atoms with Gasteiger partial charge >= 0.3 is 0 Å². The molecular weight excluding hydrogens is 234 g/mol. The summed E-state index contributed by atoms with van der Waals surface area (Å²) in [4.78, 5) is 21.4. The molecule has 2 heterocycles. The van der Waals surface area contributed by atoms with E-state index in [1.165, 1.54) is 0 Å². The van der Waals surface area contributed by atoms with Gasteiger partial charge in [-0.05, 0) is 6.92 Å². The minimum Gasteiger partial charge on any atom is -0.384 e. The summed E-state index contributed by atoms with van der Waals surface area (Å²) in [5.74, 6) is 0.872. The number of rotatable bonds is 4. The van der Waals surface area contributed by atoms with Crippen LogP contribution in [0.25, 0.3) is 0 Å². The lowest BCUT2D eigenvalue weighted by molar-refractivity contribution is -0.141. The van der Waals surface area contributed by atoms with Gasteiger partial charge in [0.25, 0.3) is 0 Å². The Balaban J connectivity index is 2.08. The summed E-state index contributed by atoms with van der Waals surface area (Å²) in [5, 5.41) is 0. The van der Waals surface area contributed by atoms with Gasteiger partial charge in [0.05, 0.1) is 26.2 Å². The number of imidazole rings is 1. The number of carbonyl (C=O) groups excluding carboxylic acids is 1. The maximum absolute atomic E-state index is 12.1. The van der Waals surface area contributed by atoms with Gasteiger partial charge < -0.3 is 19.4 Å². The van der Waals surface area contributed by atoms with Gasteiger partial charge in [-0.3, -0.25) is 4.79 Å². The molecule has 100 valence electrons. The van der Waals surface area contributed by atoms with Crippen molar-refractivity contribution in [2.75, 3.05) is 33.5 Å². The number of morpholine rings is 1. The Kier molecular flexibility index (Phi) is 4.33. The fraction of sp³-hybridized carbons (Fsp3) is 0.667. The van der Waals surface area contributed by atoms with Crippen molar-refractivity contribution in [1.29, 1.82) is 0 Å². The minimum absolute atomic E-state index is 0.0826. The zero-order valence-corrected chi connectivity index (χ0v) is 10.8. The molecule has 1 saturated heterocycles. The summed E-state index contributed by atoms with van der Waals surface area (Å²) in [7, 11) is 1.60. The number of nitrogens with zero attached hydrogens (tertiary/aromatic N) is 2. The molecule has 1 amide bonds. The van der Waals surface area contributed by atoms with E-state index in [1.807, 2.05) is 11.8 Å². The SMILES string of the molecule is COCCC(=O)N1CCOCC1c1ncc(C)[nH]1. The number of hydrogen-bond donors (Lipinski definition) is 1. The monoisotopic (exact) mass is 253 g/mol. The molecule has 1 aromatic heterocycles. The number of ether oxygens (including phenoxy) is 2. The Morgan fingerprint density at radius 2 is 2.56 bits per heavy atom. The molecule has 0 bridgehead atoms. The fourth-order valence-corrected chi connectivity index (χ4v) is 2.06. The minimum atomic E-state index is -0.114. The molecule has 18 heavy (non-hydrogen) atoms. The van der Waals surface area contributed by atoms with Crippen LogP contribution in [0.5, 0.6) is 0 Å². The third kappa shape index (κ3) is 2.88. The zero-order chi connectivity index (χ0) is 13.0. The van der Waals surface area contributed by atoms with Crippen molar-refractivity contribution in [2.45, 2.75) is 19.4 Å². The van der Waals surface area contributed by atoms with Crippen LogP contribution in [-0.4, -0.2) is 54.3 Å². The summed E-state index contributed by atoms with van der Waals surface area (Å²) in [6, 6.07) is -0.114. The molecule has 0 aromatic carbocycles. The number of H-pyrrole nitrogens is 1. The quantitative estimate of drug-likeness (QED) is 0.855. The molecule has 0 spiro atoms. The average Bonchev–Trinajstić information content (AvgIpc) is 2.82. The largest absolute Gasteiger partial charge is 0.384 e. The van der Waals surface area contributed by atoms with Gasteiger partial charge in [-0.2, -0.15) is 0 Å². The van der Waals surface area contributed by atoms with E-state index in [-0.39, 0.29) is 11.9 Å². The third-order valence-electron chi connectivity index (χ3n) is 3.01. The van der Waals surface area contributed by atoms with Gasteiger partial charge in [-0.15, -0.1) is 0 Å². The van der Waals surface area contributed by atoms with Crippen molar-refractivity contribution < 1.29 is 14.3 Å². The first-order chi connectivity index (χ1) is 8.72. The predicted octanol–water partition coefficient (Wildman–Crippen LogP) is 0.655. The lowest BCUT2D eigenvalue weighted by atomic mass is 10.2. The Labute approximate surface area is 106 Å². The second-order valence-corrected chi connectivity index (χ2v) is 4.37. The number of aryl methyl sites for hydroxylation is 1. The second-order valence-electron chi connectivity index (χ2n) is 4.37. The highest BCUT2D eigenvalue weighted by atomic mass is 16.5. The Hall–Kier alpha value is -1.40. The summed E-state index contributed by atoms with van der Waals surface area (Å²) < 4.78 is 10.4. The normalized spacial score (nSPS) is 20.1. The van der Waals surface area contributed by atoms with E-state index in [1.54, 1.807) is 13.3 Å². The molecule has 1 unspecified atom stereocenters. The number of nitrogens with one attached hydrogen (secondary N) is 1. The van der Waals surface area contributed by atoms with E-state index in [0.717, 1.165) is 11.5 Å². The number of carbonyl (C=O) groups is 1. The maximum Gasteiger partial charge on any atom is 0.225 e. The molecule has 1 atom stereocenters. The van der Waals surface area contributed by atoms with Gasteiger partial charge in [-0.25, -0.2) is 4.98 Å². The molecule has 0 radical (unpaired) electrons. The van der Waals surface area contributed by atoms with Crippen LogP contribution in [0.3, 0.4) is 0 Å². The van der Waals surface area contributed by atoms with E-state index in [9.17, 15) is 4.79 Å². The van der Waals surface area contributed by atoms with E-state index in [4.69, 9.17) is 9.47 Å². The van der Waals surface area contributed by atoms with Gasteiger partial charge in [0, 0.05) is 25.5 Å². The Morgan fingerprint density at radius 3 is 3.22 bits per heavy atom. The summed E-state index contributed by atoms with van der Waals surface area (Å²) in [6.45, 7) is 4.06. The van der Waals surface area contributed by atoms with Gasteiger partial charge in [0.15, 0.2) is 0 Å². The first-order valence-corrected chi connectivity index (χ1v) is 6.10. The zero-order valence-electron chi connectivity index (χ0n) is 10.8. The lowest BCUT2D eigenvalue weighted by Gasteiger charge is -2.34. The van der Waals surface area contributed by atoms with Gasteiger partial charge in [0.1, 0.15) is 11.9 Å². The predicted molar refractivity (Wildman–Crippen MR) is 65.1 cm³/mol. The molecule has 1 aromatic rings. The Morgan fingerprint density at radius 1 is 1.72 bits per heavy atom. The van der Waals surface area contributed by atoms with Crippen LogP contribution >= 0.6 is 0 Å². The number of methoxy groups -OCH3 is 1. The van der Waals surface area contributed by atoms with Crippen LogP contribution in [0.15, 0.2) is 6.20 Å². The fourth-order valence-electron chi connectivity index (χ4n) is 2.06. The van der Waals surface area contributed by atoms with E-state index < -0.39 is 0 Å². The molecule has 0 saturated carbocycles. The van der Waals surface area contributed by atoms with Gasteiger partial charge in [-0.1, -0.05) is 0 Å². The highest BCUT2D eigenvalue weighted by molar-refractivity contribution is 5.76. The highest BCUT2D eigenvalue weighted by Crippen LogP contribution is 2.22.